The summed E-state index contributed by atoms with van der Waals surface area (Å²) in [5.41, 5.74) is -5.50. The van der Waals surface area contributed by atoms with E-state index in [4.69, 9.17) is 23.4 Å². The maximum absolute atomic E-state index is 16.2. The number of nitrogens with zero attached hydrogens (tertiary/aromatic N) is 1. The van der Waals surface area contributed by atoms with Gasteiger partial charge in [-0.1, -0.05) is 74.4 Å². The van der Waals surface area contributed by atoms with E-state index < -0.39 is 68.7 Å². The molecule has 5 saturated carbocycles. The molecule has 366 valence electrons. The SMILES string of the molecule is CC1(C)O[C@H]2C3(CCCC3)C(=O)OC[C@@]23[C@@H]1C(=O)[C@@H](O)[C@]12[C@@H]3CC[C@]3(C)[C@@]14O[C@@H]4C(=O)O[C@]3(c1ccoc1CC[C@@H]1CC[C@H]3[C@H](C=CN4CNC[C@H]34)C1)CC#C[C@@H]1CC[C@H](Cc3ccccc3)C[C@@H]12. The number of fused-ring (bicyclic) bond motifs is 5. The summed E-state index contributed by atoms with van der Waals surface area (Å²) in [6, 6.07) is 13.3. The standard InChI is InChI=1S/C58H70N2O9/c1-52(2)46-45(61)47(62)57-41-30-36(28-34-10-5-4-6-11-34)13-16-37(41)12-9-24-56(40-21-27-65-43(40)18-15-35-14-17-39-38(29-35)20-26-60-33-59-31-42(39)60)53(3,58(57)48(67-58)49(63)68-56)25-19-44(57)55(46)32-66-51(64)54(50(55)69-52)22-7-8-23-54/h4-6,10-11,20-21,26-27,35-39,41-42,44,46-48,50,59,62H,7-8,13-19,22-25,28-33H2,1-3H3/t35-,36+,37+,38+,39-,41-,42+,44+,46+,47+,48+,50-,53-,55+,56-,57-,58+/m0/s1. The van der Waals surface area contributed by atoms with Gasteiger partial charge in [-0.25, -0.2) is 4.79 Å². The number of esters is 2. The Hall–Kier alpha value is -3.95. The number of aliphatic hydroxyl groups excluding tert-OH is 1. The molecule has 17 atom stereocenters. The average Bonchev–Trinajstić information content (AvgIpc) is 3.81. The maximum atomic E-state index is 16.2. The molecule has 5 saturated heterocycles. The summed E-state index contributed by atoms with van der Waals surface area (Å²) in [7, 11) is 0. The lowest BCUT2D eigenvalue weighted by molar-refractivity contribution is -0.301. The Bertz CT molecular complexity index is 2570. The molecule has 69 heavy (non-hydrogen) atoms. The molecule has 2 N–H and O–H groups in total. The number of allylic oxidation sites excluding steroid dienone is 1. The van der Waals surface area contributed by atoms with Gasteiger partial charge in [-0.3, -0.25) is 14.9 Å². The normalized spacial score (nSPS) is 47.8. The van der Waals surface area contributed by atoms with Gasteiger partial charge < -0.3 is 33.4 Å². The van der Waals surface area contributed by atoms with E-state index in [1.54, 1.807) is 6.26 Å². The van der Waals surface area contributed by atoms with Crippen LogP contribution < -0.4 is 5.32 Å². The summed E-state index contributed by atoms with van der Waals surface area (Å²) in [4.78, 5) is 48.4. The molecule has 6 aliphatic carbocycles. The van der Waals surface area contributed by atoms with Gasteiger partial charge in [-0.05, 0) is 138 Å². The first-order valence-electron chi connectivity index (χ1n) is 27.1. The number of carbonyl (C=O) groups excluding carboxylic acids is 3. The highest BCUT2D eigenvalue weighted by Crippen LogP contribution is 2.85. The van der Waals surface area contributed by atoms with E-state index in [0.29, 0.717) is 55.9 Å². The van der Waals surface area contributed by atoms with Crippen molar-refractivity contribution in [2.45, 2.75) is 165 Å². The number of carbonyl (C=O) groups is 3. The molecule has 0 radical (unpaired) electrons. The summed E-state index contributed by atoms with van der Waals surface area (Å²) < 4.78 is 34.9. The first-order valence-corrected chi connectivity index (χ1v) is 27.1. The van der Waals surface area contributed by atoms with E-state index in [2.05, 4.69) is 71.6 Å². The van der Waals surface area contributed by atoms with Gasteiger partial charge in [0.05, 0.1) is 42.4 Å². The number of aryl methyl sites for hydroxylation is 1. The van der Waals surface area contributed by atoms with Gasteiger partial charge >= 0.3 is 11.9 Å². The second-order valence-corrected chi connectivity index (χ2v) is 25.1. The van der Waals surface area contributed by atoms with Crippen LogP contribution in [-0.4, -0.2) is 83.1 Å². The predicted molar refractivity (Wildman–Crippen MR) is 252 cm³/mol. The fourth-order valence-corrected chi connectivity index (χ4v) is 19.8. The minimum absolute atomic E-state index is 0.0427. The van der Waals surface area contributed by atoms with Crippen LogP contribution in [0.5, 0.6) is 0 Å². The van der Waals surface area contributed by atoms with Crippen LogP contribution in [0.2, 0.25) is 0 Å². The van der Waals surface area contributed by atoms with E-state index in [0.717, 1.165) is 75.9 Å². The van der Waals surface area contributed by atoms with Crippen LogP contribution in [0.25, 0.3) is 0 Å². The zero-order chi connectivity index (χ0) is 46.9. The molecule has 7 heterocycles. The van der Waals surface area contributed by atoms with Crippen molar-refractivity contribution in [3.63, 3.8) is 0 Å². The monoisotopic (exact) mass is 939 g/mol. The topological polar surface area (TPSA) is 140 Å². The number of hydrogen-bond donors (Lipinski definition) is 2. The lowest BCUT2D eigenvalue weighted by Gasteiger charge is -2.72. The summed E-state index contributed by atoms with van der Waals surface area (Å²) >= 11 is 0. The molecule has 12 aliphatic rings. The minimum Gasteiger partial charge on any atom is -0.469 e. The molecule has 4 bridgehead atoms. The molecular formula is C58H70N2O9. The third-order valence-corrected chi connectivity index (χ3v) is 22.3. The summed E-state index contributed by atoms with van der Waals surface area (Å²) in [5, 5.41) is 17.5. The zero-order valence-corrected chi connectivity index (χ0v) is 40.7. The van der Waals surface area contributed by atoms with Crippen molar-refractivity contribution in [2.24, 2.45) is 69.0 Å². The molecule has 0 amide bonds. The number of ketones is 1. The molecule has 1 aromatic heterocycles. The molecule has 6 aliphatic heterocycles. The summed E-state index contributed by atoms with van der Waals surface area (Å²) in [5.74, 6) is 7.94. The van der Waals surface area contributed by atoms with Crippen LogP contribution in [0.1, 0.15) is 128 Å². The van der Waals surface area contributed by atoms with Crippen LogP contribution in [-0.2, 0) is 51.8 Å². The molecule has 1 aromatic carbocycles. The Labute approximate surface area is 406 Å². The van der Waals surface area contributed by atoms with E-state index in [-0.39, 0.29) is 48.5 Å². The molecule has 14 rings (SSSR count). The number of aliphatic hydroxyl groups is 1. The fraction of sp³-hybridized carbons (Fsp3) is 0.707. The fourth-order valence-electron chi connectivity index (χ4n) is 19.8. The maximum Gasteiger partial charge on any atom is 0.339 e. The number of rotatable bonds is 6. The Kier molecular flexibility index (Phi) is 9.41. The van der Waals surface area contributed by atoms with Gasteiger partial charge in [-0.15, -0.1) is 0 Å². The molecule has 11 nitrogen and oxygen atoms in total. The summed E-state index contributed by atoms with van der Waals surface area (Å²) in [6.07, 6.45) is 16.6. The van der Waals surface area contributed by atoms with Gasteiger partial charge in [-0.2, -0.15) is 0 Å². The molecule has 0 unspecified atom stereocenters. The Balaban J connectivity index is 0.914. The Morgan fingerprint density at radius 3 is 2.59 bits per heavy atom. The second-order valence-electron chi connectivity index (χ2n) is 25.1. The molecule has 4 spiro atoms. The first-order chi connectivity index (χ1) is 33.3. The average molecular weight is 939 g/mol. The number of furan rings is 1. The quantitative estimate of drug-likeness (QED) is 0.167. The first kappa shape index (κ1) is 43.8. The van der Waals surface area contributed by atoms with Gasteiger partial charge in [0.1, 0.15) is 24.1 Å². The highest BCUT2D eigenvalue weighted by molar-refractivity contribution is 5.93. The van der Waals surface area contributed by atoms with Crippen LogP contribution in [0.15, 0.2) is 59.4 Å². The second kappa shape index (κ2) is 14.8. The van der Waals surface area contributed by atoms with E-state index >= 15 is 9.59 Å². The van der Waals surface area contributed by atoms with Gasteiger partial charge in [0.15, 0.2) is 17.5 Å². The molecular weight excluding hydrogens is 869 g/mol. The van der Waals surface area contributed by atoms with E-state index in [1.807, 2.05) is 19.9 Å². The number of ether oxygens (including phenoxy) is 4. The van der Waals surface area contributed by atoms with Gasteiger partial charge in [0, 0.05) is 46.7 Å². The van der Waals surface area contributed by atoms with Crippen molar-refractivity contribution in [2.75, 3.05) is 19.8 Å². The largest absolute Gasteiger partial charge is 0.469 e. The lowest BCUT2D eigenvalue weighted by Crippen LogP contribution is -2.81. The van der Waals surface area contributed by atoms with Crippen molar-refractivity contribution in [3.05, 3.63) is 71.8 Å². The minimum atomic E-state index is -1.48. The molecule has 2 aromatic rings. The number of nitrogens with one attached hydrogen (secondary N) is 1. The van der Waals surface area contributed by atoms with E-state index in [1.165, 1.54) is 18.4 Å². The Morgan fingerprint density at radius 2 is 1.75 bits per heavy atom. The van der Waals surface area contributed by atoms with Crippen molar-refractivity contribution in [3.8, 4) is 11.8 Å². The Morgan fingerprint density at radius 1 is 0.928 bits per heavy atom. The van der Waals surface area contributed by atoms with Crippen molar-refractivity contribution in [1.29, 1.82) is 0 Å². The van der Waals surface area contributed by atoms with Crippen molar-refractivity contribution < 1.29 is 42.9 Å². The number of hydrogen-bond acceptors (Lipinski definition) is 11. The number of benzene rings is 1. The van der Waals surface area contributed by atoms with Gasteiger partial charge in [0.2, 0.25) is 0 Å². The van der Waals surface area contributed by atoms with Crippen LogP contribution in [0, 0.1) is 80.8 Å². The highest BCUT2D eigenvalue weighted by atomic mass is 16.7. The number of epoxide rings is 1. The summed E-state index contributed by atoms with van der Waals surface area (Å²) in [6.45, 7) is 8.27. The number of cyclic esters (lactones) is 1. The van der Waals surface area contributed by atoms with Crippen LogP contribution in [0.4, 0.5) is 0 Å². The molecule has 11 heteroatoms. The van der Waals surface area contributed by atoms with Crippen molar-refractivity contribution >= 4 is 17.7 Å². The lowest BCUT2D eigenvalue weighted by atomic mass is 9.30. The van der Waals surface area contributed by atoms with E-state index in [9.17, 15) is 9.90 Å². The predicted octanol–water partition coefficient (Wildman–Crippen LogP) is 7.82. The number of Topliss-reactive ketones (excluding diaryl/α,β-unsaturated/α-hetero) is 1. The zero-order valence-electron chi connectivity index (χ0n) is 40.7. The van der Waals surface area contributed by atoms with Gasteiger partial charge in [0.25, 0.3) is 0 Å². The molecule has 10 fully saturated rings. The third kappa shape index (κ3) is 5.38. The van der Waals surface area contributed by atoms with Crippen molar-refractivity contribution in [1.82, 2.24) is 10.2 Å². The smallest absolute Gasteiger partial charge is 0.339 e. The highest BCUT2D eigenvalue weighted by Gasteiger charge is 2.95. The van der Waals surface area contributed by atoms with Crippen LogP contribution in [0.3, 0.4) is 0 Å². The van der Waals surface area contributed by atoms with Crippen LogP contribution >= 0.6 is 0 Å². The third-order valence-electron chi connectivity index (χ3n) is 22.3.